The molecule has 0 radical (unpaired) electrons. The maximum Gasteiger partial charge on any atom is 0.487 e. The molecule has 0 bridgehead atoms. The molecule has 4 rings (SSSR count). The van der Waals surface area contributed by atoms with Crippen LogP contribution in [0.2, 0.25) is 0 Å². The molecule has 16 heavy (non-hydrogen) atoms. The number of rotatable bonds is 1. The third-order valence-corrected chi connectivity index (χ3v) is 6.70. The summed E-state index contributed by atoms with van der Waals surface area (Å²) in [5.74, 6) is 2.25. The molecule has 3 aliphatic carbocycles. The fourth-order valence-corrected chi connectivity index (χ4v) is 5.79. The van der Waals surface area contributed by atoms with Gasteiger partial charge in [0.2, 0.25) is 0 Å². The molecule has 4 unspecified atom stereocenters. The van der Waals surface area contributed by atoms with Crippen molar-refractivity contribution in [2.24, 2.45) is 23.2 Å². The van der Waals surface area contributed by atoms with Gasteiger partial charge in [0.1, 0.15) is 3.28 Å². The molecule has 1 aliphatic heterocycles. The highest BCUT2D eigenvalue weighted by atomic mass is 127. The third-order valence-electron chi connectivity index (χ3n) is 5.90. The summed E-state index contributed by atoms with van der Waals surface area (Å²) in [6.45, 7) is 4.72. The van der Waals surface area contributed by atoms with Crippen LogP contribution in [0.1, 0.15) is 26.7 Å². The van der Waals surface area contributed by atoms with Crippen LogP contribution in [0.25, 0.3) is 0 Å². The van der Waals surface area contributed by atoms with Crippen LogP contribution in [0.3, 0.4) is 0 Å². The predicted molar refractivity (Wildman–Crippen MR) is 71.6 cm³/mol. The highest BCUT2D eigenvalue weighted by Gasteiger charge is 2.82. The van der Waals surface area contributed by atoms with E-state index in [4.69, 9.17) is 20.9 Å². The van der Waals surface area contributed by atoms with Crippen LogP contribution in [0.15, 0.2) is 0 Å². The second-order valence-corrected chi connectivity index (χ2v) is 8.79. The van der Waals surface area contributed by atoms with E-state index in [9.17, 15) is 0 Å². The first-order valence-corrected chi connectivity index (χ1v) is 7.77. The van der Waals surface area contributed by atoms with Gasteiger partial charge in [-0.2, -0.15) is 0 Å². The first kappa shape index (κ1) is 10.9. The van der Waals surface area contributed by atoms with Crippen LogP contribution >= 0.6 is 34.2 Å². The van der Waals surface area contributed by atoms with Crippen molar-refractivity contribution in [2.45, 2.75) is 41.7 Å². The molecule has 0 N–H and O–H groups in total. The van der Waals surface area contributed by atoms with E-state index in [1.807, 2.05) is 0 Å². The lowest BCUT2D eigenvalue weighted by molar-refractivity contribution is -0.311. The van der Waals surface area contributed by atoms with Gasteiger partial charge in [-0.1, -0.05) is 29.5 Å². The van der Waals surface area contributed by atoms with Crippen molar-refractivity contribution in [3.8, 4) is 0 Å². The topological polar surface area (TPSA) is 18.5 Å². The van der Waals surface area contributed by atoms with Crippen molar-refractivity contribution in [1.82, 2.24) is 0 Å². The fourth-order valence-electron chi connectivity index (χ4n) is 5.36. The minimum Gasteiger partial charge on any atom is -0.406 e. The van der Waals surface area contributed by atoms with Crippen molar-refractivity contribution >= 4 is 41.3 Å². The highest BCUT2D eigenvalue weighted by Crippen LogP contribution is 2.80. The van der Waals surface area contributed by atoms with Gasteiger partial charge in [0, 0.05) is 12.0 Å². The van der Waals surface area contributed by atoms with E-state index in [0.29, 0.717) is 17.4 Å². The lowest BCUT2D eigenvalue weighted by Gasteiger charge is -2.74. The molecule has 0 aromatic carbocycles. The van der Waals surface area contributed by atoms with Gasteiger partial charge in [-0.15, -0.1) is 11.6 Å². The predicted octanol–water partition coefficient (Wildman–Crippen LogP) is 2.86. The lowest BCUT2D eigenvalue weighted by atomic mass is 9.35. The van der Waals surface area contributed by atoms with E-state index in [2.05, 4.69) is 36.4 Å². The summed E-state index contributed by atoms with van der Waals surface area (Å²) < 4.78 is 12.1. The zero-order chi connectivity index (χ0) is 11.3. The Balaban J connectivity index is 1.71. The van der Waals surface area contributed by atoms with Crippen molar-refractivity contribution in [2.75, 3.05) is 0 Å². The second-order valence-electron chi connectivity index (χ2n) is 6.24. The van der Waals surface area contributed by atoms with Crippen LogP contribution in [0, 0.1) is 23.2 Å². The van der Waals surface area contributed by atoms with Crippen LogP contribution in [-0.2, 0) is 9.31 Å². The normalized spacial score (nSPS) is 63.4. The Kier molecular flexibility index (Phi) is 2.00. The summed E-state index contributed by atoms with van der Waals surface area (Å²) in [5, 5.41) is 0. The van der Waals surface area contributed by atoms with Gasteiger partial charge in [-0.05, 0) is 37.0 Å². The van der Waals surface area contributed by atoms with Gasteiger partial charge in [0.15, 0.2) is 0 Å². The van der Waals surface area contributed by atoms with E-state index in [0.717, 1.165) is 11.8 Å². The molecular formula is C11H15BClIO2. The van der Waals surface area contributed by atoms with Crippen molar-refractivity contribution < 1.29 is 9.31 Å². The molecule has 1 heterocycles. The Morgan fingerprint density at radius 2 is 2.19 bits per heavy atom. The molecule has 7 atom stereocenters. The van der Waals surface area contributed by atoms with E-state index in [-0.39, 0.29) is 16.0 Å². The Morgan fingerprint density at radius 1 is 1.44 bits per heavy atom. The van der Waals surface area contributed by atoms with Crippen molar-refractivity contribution in [3.05, 3.63) is 0 Å². The van der Waals surface area contributed by atoms with Gasteiger partial charge >= 0.3 is 7.12 Å². The zero-order valence-electron chi connectivity index (χ0n) is 9.45. The smallest absolute Gasteiger partial charge is 0.406 e. The third kappa shape index (κ3) is 0.938. The van der Waals surface area contributed by atoms with Gasteiger partial charge in [0.25, 0.3) is 0 Å². The van der Waals surface area contributed by atoms with E-state index >= 15 is 0 Å². The largest absolute Gasteiger partial charge is 0.487 e. The molecule has 1 saturated heterocycles. The summed E-state index contributed by atoms with van der Waals surface area (Å²) in [4.78, 5) is 0. The number of hydrogen-bond acceptors (Lipinski definition) is 2. The molecule has 2 nitrogen and oxygen atoms in total. The molecule has 0 aromatic heterocycles. The summed E-state index contributed by atoms with van der Waals surface area (Å²) in [5.41, 5.74) is 0.575. The Hall–Kier alpha value is 1.00. The van der Waals surface area contributed by atoms with Crippen LogP contribution in [0.5, 0.6) is 0 Å². The summed E-state index contributed by atoms with van der Waals surface area (Å²) >= 11 is 8.31. The van der Waals surface area contributed by atoms with E-state index in [1.54, 1.807) is 0 Å². The molecule has 0 spiro atoms. The molecule has 3 saturated carbocycles. The maximum atomic E-state index is 6.17. The maximum absolute atomic E-state index is 6.17. The monoisotopic (exact) mass is 352 g/mol. The van der Waals surface area contributed by atoms with Crippen LogP contribution < -0.4 is 0 Å². The van der Waals surface area contributed by atoms with Crippen molar-refractivity contribution in [1.29, 1.82) is 0 Å². The molecule has 0 amide bonds. The highest BCUT2D eigenvalue weighted by molar-refractivity contribution is 14.1. The summed E-state index contributed by atoms with van der Waals surface area (Å²) in [7, 11) is -0.211. The summed E-state index contributed by atoms with van der Waals surface area (Å²) in [6.07, 6.45) is 2.96. The van der Waals surface area contributed by atoms with E-state index in [1.165, 1.54) is 12.8 Å². The molecule has 4 fully saturated rings. The van der Waals surface area contributed by atoms with Crippen molar-refractivity contribution in [3.63, 3.8) is 0 Å². The molecule has 5 heteroatoms. The average molecular weight is 352 g/mol. The molecule has 0 aromatic rings. The SMILES string of the molecule is CC12C3CC1[C@@]1(C)OB([C@H](Cl)I)O[C@@H](C3)C21. The lowest BCUT2D eigenvalue weighted by Crippen LogP contribution is -2.78. The van der Waals surface area contributed by atoms with Gasteiger partial charge in [0.05, 0.1) is 5.60 Å². The van der Waals surface area contributed by atoms with Gasteiger partial charge in [-0.25, -0.2) is 0 Å². The van der Waals surface area contributed by atoms with Gasteiger partial charge in [-0.3, -0.25) is 0 Å². The minimum absolute atomic E-state index is 0.0493. The number of fused-ring (bicyclic) bond motifs is 1. The quantitative estimate of drug-likeness (QED) is 0.410. The molecular weight excluding hydrogens is 337 g/mol. The number of hydrogen-bond donors (Lipinski definition) is 0. The Morgan fingerprint density at radius 3 is 2.88 bits per heavy atom. The minimum atomic E-state index is -0.211. The summed E-state index contributed by atoms with van der Waals surface area (Å²) in [6, 6.07) is 0. The Labute approximate surface area is 115 Å². The standard InChI is InChI=1S/C11H15BClIO2/c1-10-5-3-6-8(10)11(2,7(10)4-5)16-12(15-6)9(13)14/h5-9H,3-4H2,1-2H3/t5?,6-,7?,8?,9+,10?,11+/m0/s1. The second kappa shape index (κ2) is 2.94. The average Bonchev–Trinajstić information content (AvgIpc) is 2.34. The zero-order valence-corrected chi connectivity index (χ0v) is 12.4. The fraction of sp³-hybridized carbons (Fsp3) is 1.00. The number of halogens is 2. The van der Waals surface area contributed by atoms with Crippen LogP contribution in [0.4, 0.5) is 0 Å². The number of alkyl halides is 2. The van der Waals surface area contributed by atoms with E-state index < -0.39 is 0 Å². The van der Waals surface area contributed by atoms with Crippen LogP contribution in [-0.4, -0.2) is 22.1 Å². The Bertz CT molecular complexity index is 368. The first-order valence-electron chi connectivity index (χ1n) is 6.09. The molecule has 4 aliphatic rings. The molecule has 88 valence electrons. The van der Waals surface area contributed by atoms with Gasteiger partial charge < -0.3 is 9.31 Å². The first-order chi connectivity index (χ1) is 7.48.